The monoisotopic (exact) mass is 318 g/mol. The van der Waals surface area contributed by atoms with Crippen molar-refractivity contribution in [1.82, 2.24) is 4.72 Å². The van der Waals surface area contributed by atoms with E-state index in [1.807, 2.05) is 0 Å². The van der Waals surface area contributed by atoms with Crippen LogP contribution in [0.25, 0.3) is 0 Å². The van der Waals surface area contributed by atoms with Crippen LogP contribution in [-0.2, 0) is 10.0 Å². The lowest BCUT2D eigenvalue weighted by atomic mass is 10.0. The van der Waals surface area contributed by atoms with E-state index in [2.05, 4.69) is 4.72 Å². The lowest BCUT2D eigenvalue weighted by Crippen LogP contribution is -2.53. The van der Waals surface area contributed by atoms with Crippen molar-refractivity contribution in [2.75, 3.05) is 13.2 Å². The maximum atomic E-state index is 12.4. The molecule has 21 heavy (non-hydrogen) atoms. The summed E-state index contributed by atoms with van der Waals surface area (Å²) in [6.07, 6.45) is 0.160. The molecule has 0 spiro atoms. The molecule has 0 aliphatic rings. The lowest BCUT2D eigenvalue weighted by Gasteiger charge is -2.29. The minimum absolute atomic E-state index is 0.00381. The highest BCUT2D eigenvalue weighted by molar-refractivity contribution is 7.89. The molecule has 0 heterocycles. The Morgan fingerprint density at radius 3 is 2.33 bits per heavy atom. The predicted octanol–water partition coefficient (Wildman–Crippen LogP) is 0.315. The van der Waals surface area contributed by atoms with Gasteiger partial charge in [-0.25, -0.2) is 13.1 Å². The largest absolute Gasteiger partial charge is 0.394 e. The third-order valence-corrected chi connectivity index (χ3v) is 5.10. The molecule has 118 valence electrons. The van der Waals surface area contributed by atoms with Crippen LogP contribution in [0.4, 0.5) is 5.69 Å². The fraction of sp³-hybridized carbons (Fsp3) is 0.500. The van der Waals surface area contributed by atoms with Crippen molar-refractivity contribution in [3.63, 3.8) is 0 Å². The zero-order chi connectivity index (χ0) is 16.3. The summed E-state index contributed by atoms with van der Waals surface area (Å²) in [4.78, 5) is 9.94. The van der Waals surface area contributed by atoms with Crippen molar-refractivity contribution in [3.8, 4) is 0 Å². The van der Waals surface area contributed by atoms with E-state index in [1.54, 1.807) is 6.92 Å². The Hall–Kier alpha value is -1.55. The first kappa shape index (κ1) is 17.5. The minimum Gasteiger partial charge on any atom is -0.394 e. The highest BCUT2D eigenvalue weighted by Crippen LogP contribution is 2.26. The van der Waals surface area contributed by atoms with E-state index in [1.165, 1.54) is 25.1 Å². The molecule has 0 bridgehead atoms. The van der Waals surface area contributed by atoms with E-state index in [4.69, 9.17) is 0 Å². The van der Waals surface area contributed by atoms with Crippen molar-refractivity contribution >= 4 is 15.7 Å². The Labute approximate surface area is 122 Å². The molecule has 0 aromatic heterocycles. The van der Waals surface area contributed by atoms with Gasteiger partial charge in [-0.05, 0) is 19.4 Å². The number of nitro groups is 1. The first-order valence-corrected chi connectivity index (χ1v) is 7.71. The fourth-order valence-electron chi connectivity index (χ4n) is 1.84. The second kappa shape index (κ2) is 6.48. The molecule has 0 unspecified atom stereocenters. The van der Waals surface area contributed by atoms with Gasteiger partial charge in [-0.15, -0.1) is 0 Å². The summed E-state index contributed by atoms with van der Waals surface area (Å²) in [5.41, 5.74) is -1.72. The number of nitrogens with one attached hydrogen (secondary N) is 1. The Kier molecular flexibility index (Phi) is 5.40. The smallest absolute Gasteiger partial charge is 0.273 e. The first-order chi connectivity index (χ1) is 9.73. The molecule has 0 aliphatic heterocycles. The van der Waals surface area contributed by atoms with Crippen LogP contribution >= 0.6 is 0 Å². The normalized spacial score (nSPS) is 12.4. The number of sulfonamides is 1. The summed E-state index contributed by atoms with van der Waals surface area (Å²) in [7, 11) is -4.12. The molecular formula is C12H18N2O6S. The molecule has 0 aliphatic carbocycles. The molecule has 0 atom stereocenters. The lowest BCUT2D eigenvalue weighted by molar-refractivity contribution is -0.385. The minimum atomic E-state index is -4.12. The summed E-state index contributed by atoms with van der Waals surface area (Å²) in [6.45, 7) is 1.76. The highest BCUT2D eigenvalue weighted by atomic mass is 32.2. The second-order valence-corrected chi connectivity index (χ2v) is 6.36. The molecule has 1 aromatic rings. The van der Waals surface area contributed by atoms with Gasteiger partial charge in [-0.3, -0.25) is 10.1 Å². The summed E-state index contributed by atoms with van der Waals surface area (Å²) in [5.74, 6) is 0. The van der Waals surface area contributed by atoms with Crippen molar-refractivity contribution < 1.29 is 23.6 Å². The van der Waals surface area contributed by atoms with Gasteiger partial charge >= 0.3 is 0 Å². The zero-order valence-corrected chi connectivity index (χ0v) is 12.6. The summed E-state index contributed by atoms with van der Waals surface area (Å²) >= 11 is 0. The molecule has 0 saturated carbocycles. The van der Waals surface area contributed by atoms with Crippen molar-refractivity contribution in [1.29, 1.82) is 0 Å². The molecule has 9 heteroatoms. The average molecular weight is 318 g/mol. The average Bonchev–Trinajstić information content (AvgIpc) is 2.44. The molecule has 1 aromatic carbocycles. The van der Waals surface area contributed by atoms with E-state index in [9.17, 15) is 28.7 Å². The molecular weight excluding hydrogens is 300 g/mol. The van der Waals surface area contributed by atoms with Gasteiger partial charge in [0, 0.05) is 11.6 Å². The van der Waals surface area contributed by atoms with Crippen LogP contribution in [0.15, 0.2) is 23.1 Å². The van der Waals surface area contributed by atoms with Gasteiger partial charge in [0.1, 0.15) is 0 Å². The van der Waals surface area contributed by atoms with Crippen molar-refractivity contribution in [3.05, 3.63) is 33.9 Å². The van der Waals surface area contributed by atoms with E-state index in [-0.39, 0.29) is 22.6 Å². The number of rotatable bonds is 7. The maximum absolute atomic E-state index is 12.4. The van der Waals surface area contributed by atoms with Crippen LogP contribution in [0.3, 0.4) is 0 Å². The van der Waals surface area contributed by atoms with Crippen LogP contribution < -0.4 is 4.72 Å². The molecule has 8 nitrogen and oxygen atoms in total. The predicted molar refractivity (Wildman–Crippen MR) is 75.3 cm³/mol. The van der Waals surface area contributed by atoms with Crippen LogP contribution in [0.2, 0.25) is 0 Å². The van der Waals surface area contributed by atoms with Crippen LogP contribution in [-0.4, -0.2) is 42.3 Å². The highest BCUT2D eigenvalue weighted by Gasteiger charge is 2.34. The molecule has 0 saturated heterocycles. The summed E-state index contributed by atoms with van der Waals surface area (Å²) < 4.78 is 27.0. The third kappa shape index (κ3) is 3.56. The van der Waals surface area contributed by atoms with Crippen molar-refractivity contribution in [2.24, 2.45) is 0 Å². The number of aliphatic hydroxyl groups excluding tert-OH is 2. The van der Waals surface area contributed by atoms with E-state index >= 15 is 0 Å². The first-order valence-electron chi connectivity index (χ1n) is 6.22. The molecule has 0 fully saturated rings. The van der Waals surface area contributed by atoms with Crippen LogP contribution in [0.1, 0.15) is 18.9 Å². The molecule has 0 radical (unpaired) electrons. The Morgan fingerprint density at radius 1 is 1.33 bits per heavy atom. The Morgan fingerprint density at radius 2 is 1.90 bits per heavy atom. The number of hydrogen-bond acceptors (Lipinski definition) is 6. The fourth-order valence-corrected chi connectivity index (χ4v) is 3.56. The van der Waals surface area contributed by atoms with Crippen molar-refractivity contribution in [2.45, 2.75) is 30.7 Å². The summed E-state index contributed by atoms with van der Waals surface area (Å²) in [6, 6.07) is 3.71. The topological polar surface area (TPSA) is 130 Å². The van der Waals surface area contributed by atoms with Gasteiger partial charge in [0.05, 0.1) is 28.6 Å². The zero-order valence-electron chi connectivity index (χ0n) is 11.7. The van der Waals surface area contributed by atoms with E-state index in [0.717, 1.165) is 0 Å². The number of aliphatic hydroxyl groups is 2. The van der Waals surface area contributed by atoms with Gasteiger partial charge < -0.3 is 10.2 Å². The third-order valence-electron chi connectivity index (χ3n) is 3.37. The quantitative estimate of drug-likeness (QED) is 0.490. The van der Waals surface area contributed by atoms with Gasteiger partial charge in [-0.2, -0.15) is 0 Å². The van der Waals surface area contributed by atoms with Gasteiger partial charge in [0.25, 0.3) is 5.69 Å². The molecule has 1 rings (SSSR count). The number of nitrogens with zero attached hydrogens (tertiary/aromatic N) is 1. The van der Waals surface area contributed by atoms with Crippen LogP contribution in [0, 0.1) is 17.0 Å². The summed E-state index contributed by atoms with van der Waals surface area (Å²) in [5, 5.41) is 29.5. The maximum Gasteiger partial charge on any atom is 0.273 e. The number of benzene rings is 1. The van der Waals surface area contributed by atoms with E-state index in [0.29, 0.717) is 0 Å². The second-order valence-electron chi connectivity index (χ2n) is 4.71. The van der Waals surface area contributed by atoms with Gasteiger partial charge in [-0.1, -0.05) is 13.0 Å². The standard InChI is InChI=1S/C12H18N2O6S/c1-3-12(7-15,8-16)13-21(19,20)11-6-4-5-10(9(11)2)14(17)18/h4-6,13,15-16H,3,7-8H2,1-2H3. The van der Waals surface area contributed by atoms with E-state index < -0.39 is 33.7 Å². The molecule has 0 amide bonds. The Balaban J connectivity index is 3.33. The number of nitro benzene ring substituents is 1. The van der Waals surface area contributed by atoms with Gasteiger partial charge in [0.15, 0.2) is 0 Å². The Bertz CT molecular complexity index is 616. The van der Waals surface area contributed by atoms with Crippen LogP contribution in [0.5, 0.6) is 0 Å². The molecule has 3 N–H and O–H groups in total. The number of hydrogen-bond donors (Lipinski definition) is 3. The SMILES string of the molecule is CCC(CO)(CO)NS(=O)(=O)c1cccc([N+](=O)[O-])c1C. The van der Waals surface area contributed by atoms with Gasteiger partial charge in [0.2, 0.25) is 10.0 Å².